The molecule has 78 valence electrons. The highest BCUT2D eigenvalue weighted by Gasteiger charge is 2.17. The first kappa shape index (κ1) is 12.1. The van der Waals surface area contributed by atoms with E-state index in [0.29, 0.717) is 0 Å². The van der Waals surface area contributed by atoms with Crippen LogP contribution in [0.2, 0.25) is 0 Å². The lowest BCUT2D eigenvalue weighted by Crippen LogP contribution is -2.18. The normalized spacial score (nSPS) is 8.93. The summed E-state index contributed by atoms with van der Waals surface area (Å²) in [6.07, 6.45) is -1.64. The topological polar surface area (TPSA) is 107 Å². The lowest BCUT2D eigenvalue weighted by molar-refractivity contribution is -0.163. The van der Waals surface area contributed by atoms with E-state index in [1.54, 1.807) is 0 Å². The quantitative estimate of drug-likeness (QED) is 0.466. The zero-order valence-electron chi connectivity index (χ0n) is 7.31. The molecule has 0 aromatic carbocycles. The van der Waals surface area contributed by atoms with Crippen molar-refractivity contribution in [2.24, 2.45) is 0 Å². The van der Waals surface area contributed by atoms with Gasteiger partial charge in [0.05, 0.1) is 7.11 Å². The summed E-state index contributed by atoms with van der Waals surface area (Å²) < 4.78 is 8.09. The smallest absolute Gasteiger partial charge is 0.324 e. The molecule has 0 aliphatic rings. The minimum atomic E-state index is -1.42. The van der Waals surface area contributed by atoms with Gasteiger partial charge < -0.3 is 14.6 Å². The second-order valence-electron chi connectivity index (χ2n) is 2.17. The molecule has 0 unspecified atom stereocenters. The first-order chi connectivity index (χ1) is 6.45. The number of aliphatic carboxylic acids is 1. The number of esters is 3. The van der Waals surface area contributed by atoms with Crippen molar-refractivity contribution in [1.29, 1.82) is 0 Å². The number of rotatable bonds is 4. The van der Waals surface area contributed by atoms with Crippen LogP contribution in [-0.2, 0) is 28.7 Å². The van der Waals surface area contributed by atoms with Crippen LogP contribution in [0.25, 0.3) is 0 Å². The predicted octanol–water partition coefficient (Wildman–Crippen LogP) is -0.906. The molecule has 1 N–H and O–H groups in total. The molecule has 14 heavy (non-hydrogen) atoms. The highest BCUT2D eigenvalue weighted by Crippen LogP contribution is 1.93. The zero-order valence-corrected chi connectivity index (χ0v) is 7.31. The minimum Gasteiger partial charge on any atom is -0.481 e. The van der Waals surface area contributed by atoms with Gasteiger partial charge in [-0.25, -0.2) is 0 Å². The summed E-state index contributed by atoms with van der Waals surface area (Å²) in [6, 6.07) is 0. The van der Waals surface area contributed by atoms with E-state index in [1.807, 2.05) is 0 Å². The number of hydrogen-bond acceptors (Lipinski definition) is 6. The highest BCUT2D eigenvalue weighted by atomic mass is 16.6. The fourth-order valence-corrected chi connectivity index (χ4v) is 0.513. The van der Waals surface area contributed by atoms with Gasteiger partial charge in [0.25, 0.3) is 0 Å². The number of carbonyl (C=O) groups excluding carboxylic acids is 3. The Labute approximate surface area is 78.6 Å². The van der Waals surface area contributed by atoms with Crippen LogP contribution in [0.5, 0.6) is 0 Å². The Kier molecular flexibility index (Phi) is 4.90. The largest absolute Gasteiger partial charge is 0.481 e. The Balaban J connectivity index is 3.88. The van der Waals surface area contributed by atoms with Gasteiger partial charge in [-0.3, -0.25) is 19.2 Å². The molecule has 0 aromatic rings. The van der Waals surface area contributed by atoms with Crippen LogP contribution in [0.15, 0.2) is 0 Å². The maximum atomic E-state index is 10.7. The lowest BCUT2D eigenvalue weighted by Gasteiger charge is -1.99. The molecule has 0 saturated carbocycles. The van der Waals surface area contributed by atoms with E-state index >= 15 is 0 Å². The van der Waals surface area contributed by atoms with Gasteiger partial charge in [-0.15, -0.1) is 0 Å². The molecule has 0 aliphatic carbocycles. The lowest BCUT2D eigenvalue weighted by atomic mass is 10.4. The maximum Gasteiger partial charge on any atom is 0.324 e. The van der Waals surface area contributed by atoms with Gasteiger partial charge in [-0.1, -0.05) is 0 Å². The molecule has 0 aromatic heterocycles. The predicted molar refractivity (Wildman–Crippen MR) is 40.0 cm³/mol. The third-order valence-electron chi connectivity index (χ3n) is 1.04. The molecule has 7 heteroatoms. The van der Waals surface area contributed by atoms with Crippen molar-refractivity contribution < 1.29 is 33.8 Å². The minimum absolute atomic E-state index is 0.720. The molecule has 0 spiro atoms. The SMILES string of the molecule is COC(=O)CC(=O)OC(=O)CC(=O)O. The van der Waals surface area contributed by atoms with Gasteiger partial charge in [0.1, 0.15) is 12.8 Å². The molecule has 0 fully saturated rings. The molecule has 0 radical (unpaired) electrons. The summed E-state index contributed by atoms with van der Waals surface area (Å²) in [6.45, 7) is 0. The molecule has 0 bridgehead atoms. The van der Waals surface area contributed by atoms with Gasteiger partial charge in [0, 0.05) is 0 Å². The van der Waals surface area contributed by atoms with Gasteiger partial charge in [-0.05, 0) is 0 Å². The number of hydrogen-bond donors (Lipinski definition) is 1. The first-order valence-electron chi connectivity index (χ1n) is 3.47. The van der Waals surface area contributed by atoms with E-state index < -0.39 is 36.7 Å². The Morgan fingerprint density at radius 2 is 1.50 bits per heavy atom. The third-order valence-corrected chi connectivity index (χ3v) is 1.04. The van der Waals surface area contributed by atoms with Gasteiger partial charge >= 0.3 is 23.9 Å². The number of methoxy groups -OCH3 is 1. The molecular formula is C7H8O7. The van der Waals surface area contributed by atoms with E-state index in [4.69, 9.17) is 5.11 Å². The van der Waals surface area contributed by atoms with Crippen LogP contribution >= 0.6 is 0 Å². The third kappa shape index (κ3) is 5.70. The van der Waals surface area contributed by atoms with Gasteiger partial charge in [0.15, 0.2) is 0 Å². The number of ether oxygens (including phenoxy) is 2. The molecule has 0 saturated heterocycles. The van der Waals surface area contributed by atoms with E-state index in [0.717, 1.165) is 7.11 Å². The van der Waals surface area contributed by atoms with Gasteiger partial charge in [-0.2, -0.15) is 0 Å². The molecule has 0 amide bonds. The highest BCUT2D eigenvalue weighted by molar-refractivity contribution is 5.99. The molecule has 0 aliphatic heterocycles. The summed E-state index contributed by atoms with van der Waals surface area (Å²) in [5, 5.41) is 8.12. The standard InChI is InChI=1S/C7H8O7/c1-13-5(10)3-7(12)14-6(11)2-4(8)9/h2-3H2,1H3,(H,8,9). The Hall–Kier alpha value is -1.92. The van der Waals surface area contributed by atoms with Crippen LogP contribution < -0.4 is 0 Å². The average Bonchev–Trinajstić information content (AvgIpc) is 2.01. The summed E-state index contributed by atoms with van der Waals surface area (Å²) in [5.41, 5.74) is 0. The summed E-state index contributed by atoms with van der Waals surface area (Å²) in [7, 11) is 1.06. The second kappa shape index (κ2) is 5.68. The average molecular weight is 204 g/mol. The Morgan fingerprint density at radius 3 is 1.93 bits per heavy atom. The maximum absolute atomic E-state index is 10.7. The van der Waals surface area contributed by atoms with Crippen LogP contribution in [-0.4, -0.2) is 36.1 Å². The van der Waals surface area contributed by atoms with Crippen LogP contribution in [0.1, 0.15) is 12.8 Å². The first-order valence-corrected chi connectivity index (χ1v) is 3.47. The molecule has 0 rings (SSSR count). The van der Waals surface area contributed by atoms with E-state index in [1.165, 1.54) is 0 Å². The zero-order chi connectivity index (χ0) is 11.1. The second-order valence-corrected chi connectivity index (χ2v) is 2.17. The van der Waals surface area contributed by atoms with Crippen molar-refractivity contribution in [3.8, 4) is 0 Å². The number of carboxylic acid groups (broad SMARTS) is 1. The van der Waals surface area contributed by atoms with Crippen molar-refractivity contribution in [1.82, 2.24) is 0 Å². The van der Waals surface area contributed by atoms with Crippen LogP contribution in [0, 0.1) is 0 Å². The summed E-state index contributed by atoms with van der Waals surface area (Å²) in [4.78, 5) is 41.7. The molecular weight excluding hydrogens is 196 g/mol. The van der Waals surface area contributed by atoms with Crippen LogP contribution in [0.4, 0.5) is 0 Å². The van der Waals surface area contributed by atoms with Crippen molar-refractivity contribution in [2.45, 2.75) is 12.8 Å². The van der Waals surface area contributed by atoms with Crippen molar-refractivity contribution >= 4 is 23.9 Å². The van der Waals surface area contributed by atoms with Crippen molar-refractivity contribution in [3.05, 3.63) is 0 Å². The van der Waals surface area contributed by atoms with E-state index in [-0.39, 0.29) is 0 Å². The Morgan fingerprint density at radius 1 is 1.00 bits per heavy atom. The number of carbonyl (C=O) groups is 4. The van der Waals surface area contributed by atoms with Crippen molar-refractivity contribution in [2.75, 3.05) is 7.11 Å². The van der Waals surface area contributed by atoms with Crippen LogP contribution in [0.3, 0.4) is 0 Å². The van der Waals surface area contributed by atoms with E-state index in [2.05, 4.69) is 9.47 Å². The number of carboxylic acids is 1. The molecule has 0 heterocycles. The Bertz CT molecular complexity index is 267. The molecule has 7 nitrogen and oxygen atoms in total. The van der Waals surface area contributed by atoms with Gasteiger partial charge in [0.2, 0.25) is 0 Å². The van der Waals surface area contributed by atoms with E-state index in [9.17, 15) is 19.2 Å². The summed E-state index contributed by atoms with van der Waals surface area (Å²) in [5.74, 6) is -4.63. The fraction of sp³-hybridized carbons (Fsp3) is 0.429. The monoisotopic (exact) mass is 204 g/mol. The molecule has 0 atom stereocenters. The fourth-order valence-electron chi connectivity index (χ4n) is 0.513. The summed E-state index contributed by atoms with van der Waals surface area (Å²) >= 11 is 0. The van der Waals surface area contributed by atoms with Crippen molar-refractivity contribution in [3.63, 3.8) is 0 Å².